The van der Waals surface area contributed by atoms with Gasteiger partial charge in [0.2, 0.25) is 12.7 Å². The molecule has 18 heavy (non-hydrogen) atoms. The van der Waals surface area contributed by atoms with Gasteiger partial charge in [-0.2, -0.15) is 0 Å². The van der Waals surface area contributed by atoms with E-state index in [1.54, 1.807) is 6.08 Å². The first kappa shape index (κ1) is 12.4. The van der Waals surface area contributed by atoms with E-state index in [-0.39, 0.29) is 18.7 Å². The van der Waals surface area contributed by atoms with Gasteiger partial charge in [-0.05, 0) is 30.7 Å². The van der Waals surface area contributed by atoms with Crippen LogP contribution in [-0.4, -0.2) is 25.3 Å². The van der Waals surface area contributed by atoms with Crippen molar-refractivity contribution in [1.82, 2.24) is 5.32 Å². The number of carbonyl (C=O) groups excluding carboxylic acids is 1. The van der Waals surface area contributed by atoms with Crippen LogP contribution in [0.1, 0.15) is 12.5 Å². The Hall–Kier alpha value is -2.01. The molecule has 0 fully saturated rings. The molecule has 1 aliphatic heterocycles. The fourth-order valence-corrected chi connectivity index (χ4v) is 1.51. The Morgan fingerprint density at radius 2 is 2.28 bits per heavy atom. The normalized spacial score (nSPS) is 14.8. The van der Waals surface area contributed by atoms with E-state index < -0.39 is 0 Å². The Bertz CT molecular complexity index is 469. The average molecular weight is 248 g/mol. The molecule has 2 rings (SSSR count). The van der Waals surface area contributed by atoms with Crippen molar-refractivity contribution in [1.29, 1.82) is 0 Å². The highest BCUT2D eigenvalue weighted by Gasteiger charge is 2.12. The molecule has 1 atom stereocenters. The fraction of sp³-hybridized carbons (Fsp3) is 0.308. The van der Waals surface area contributed by atoms with E-state index in [1.807, 2.05) is 25.1 Å². The van der Waals surface area contributed by atoms with Crippen molar-refractivity contribution in [2.75, 3.05) is 13.3 Å². The summed E-state index contributed by atoms with van der Waals surface area (Å²) in [6.07, 6.45) is 3.19. The number of benzene rings is 1. The Kier molecular flexibility index (Phi) is 3.84. The molecule has 0 saturated heterocycles. The second kappa shape index (κ2) is 5.55. The highest BCUT2D eigenvalue weighted by atomic mass is 16.7. The molecule has 0 spiro atoms. The minimum absolute atomic E-state index is 0.0482. The number of rotatable bonds is 4. The number of ether oxygens (including phenoxy) is 2. The minimum atomic E-state index is -0.162. The molecule has 1 aliphatic rings. The van der Waals surface area contributed by atoms with Gasteiger partial charge in [-0.25, -0.2) is 0 Å². The zero-order valence-corrected chi connectivity index (χ0v) is 10.2. The highest BCUT2D eigenvalue weighted by molar-refractivity contribution is 5.91. The quantitative estimate of drug-likeness (QED) is 0.776. The van der Waals surface area contributed by atoms with Gasteiger partial charge < -0.3 is 20.5 Å². The lowest BCUT2D eigenvalue weighted by Gasteiger charge is -2.04. The van der Waals surface area contributed by atoms with Crippen LogP contribution >= 0.6 is 0 Å². The number of nitrogens with two attached hydrogens (primary N) is 1. The van der Waals surface area contributed by atoms with Crippen LogP contribution in [0.2, 0.25) is 0 Å². The summed E-state index contributed by atoms with van der Waals surface area (Å²) in [5.41, 5.74) is 6.42. The zero-order chi connectivity index (χ0) is 13.0. The molecule has 1 heterocycles. The van der Waals surface area contributed by atoms with Gasteiger partial charge in [0.15, 0.2) is 11.5 Å². The Morgan fingerprint density at radius 3 is 3.06 bits per heavy atom. The van der Waals surface area contributed by atoms with Crippen molar-refractivity contribution in [2.45, 2.75) is 13.0 Å². The average Bonchev–Trinajstić information content (AvgIpc) is 2.81. The standard InChI is InChI=1S/C13H16N2O3/c1-9(14)7-15-13(16)5-3-10-2-4-11-12(6-10)18-8-17-11/h2-6,9H,7-8,14H2,1H3,(H,15,16). The maximum Gasteiger partial charge on any atom is 0.244 e. The summed E-state index contributed by atoms with van der Waals surface area (Å²) in [7, 11) is 0. The molecule has 0 radical (unpaired) electrons. The molecule has 5 heteroatoms. The predicted octanol–water partition coefficient (Wildman–Crippen LogP) is 0.892. The van der Waals surface area contributed by atoms with Gasteiger partial charge in [-0.3, -0.25) is 4.79 Å². The molecule has 0 bridgehead atoms. The van der Waals surface area contributed by atoms with Gasteiger partial charge in [0, 0.05) is 18.7 Å². The van der Waals surface area contributed by atoms with Crippen LogP contribution in [0.15, 0.2) is 24.3 Å². The summed E-state index contributed by atoms with van der Waals surface area (Å²) in [6, 6.07) is 5.47. The lowest BCUT2D eigenvalue weighted by atomic mass is 10.2. The van der Waals surface area contributed by atoms with Crippen LogP contribution < -0.4 is 20.5 Å². The van der Waals surface area contributed by atoms with Crippen molar-refractivity contribution in [3.05, 3.63) is 29.8 Å². The van der Waals surface area contributed by atoms with Crippen molar-refractivity contribution in [3.8, 4) is 11.5 Å². The summed E-state index contributed by atoms with van der Waals surface area (Å²) in [4.78, 5) is 11.4. The molecular weight excluding hydrogens is 232 g/mol. The fourth-order valence-electron chi connectivity index (χ4n) is 1.51. The van der Waals surface area contributed by atoms with Crippen molar-refractivity contribution in [3.63, 3.8) is 0 Å². The Morgan fingerprint density at radius 1 is 1.50 bits per heavy atom. The number of hydrogen-bond acceptors (Lipinski definition) is 4. The largest absolute Gasteiger partial charge is 0.454 e. The molecule has 1 unspecified atom stereocenters. The first-order chi connectivity index (χ1) is 8.65. The van der Waals surface area contributed by atoms with Crippen LogP contribution in [0.3, 0.4) is 0 Å². The van der Waals surface area contributed by atoms with Crippen molar-refractivity contribution in [2.24, 2.45) is 5.73 Å². The van der Waals surface area contributed by atoms with Crippen molar-refractivity contribution < 1.29 is 14.3 Å². The SMILES string of the molecule is CC(N)CNC(=O)C=Cc1ccc2c(c1)OCO2. The van der Waals surface area contributed by atoms with Crippen LogP contribution in [0, 0.1) is 0 Å². The van der Waals surface area contributed by atoms with Gasteiger partial charge in [-0.15, -0.1) is 0 Å². The molecule has 5 nitrogen and oxygen atoms in total. The molecule has 3 N–H and O–H groups in total. The van der Waals surface area contributed by atoms with Crippen LogP contribution in [0.5, 0.6) is 11.5 Å². The van der Waals surface area contributed by atoms with E-state index in [9.17, 15) is 4.79 Å². The lowest BCUT2D eigenvalue weighted by Crippen LogP contribution is -2.34. The topological polar surface area (TPSA) is 73.6 Å². The maximum atomic E-state index is 11.4. The summed E-state index contributed by atoms with van der Waals surface area (Å²) in [5.74, 6) is 1.27. The molecule has 96 valence electrons. The van der Waals surface area contributed by atoms with Crippen LogP contribution in [0.4, 0.5) is 0 Å². The molecule has 0 saturated carbocycles. The number of carbonyl (C=O) groups is 1. The van der Waals surface area contributed by atoms with E-state index in [1.165, 1.54) is 6.08 Å². The molecule has 1 amide bonds. The van der Waals surface area contributed by atoms with E-state index in [2.05, 4.69) is 5.32 Å². The maximum absolute atomic E-state index is 11.4. The predicted molar refractivity (Wildman–Crippen MR) is 68.3 cm³/mol. The lowest BCUT2D eigenvalue weighted by molar-refractivity contribution is -0.116. The molecule has 0 aromatic heterocycles. The van der Waals surface area contributed by atoms with Gasteiger partial charge >= 0.3 is 0 Å². The van der Waals surface area contributed by atoms with Gasteiger partial charge in [-0.1, -0.05) is 6.07 Å². The molecule has 1 aromatic carbocycles. The number of nitrogens with one attached hydrogen (secondary N) is 1. The smallest absolute Gasteiger partial charge is 0.244 e. The first-order valence-corrected chi connectivity index (χ1v) is 5.76. The third-order valence-electron chi connectivity index (χ3n) is 2.42. The summed E-state index contributed by atoms with van der Waals surface area (Å²) in [6.45, 7) is 2.55. The van der Waals surface area contributed by atoms with E-state index in [4.69, 9.17) is 15.2 Å². The minimum Gasteiger partial charge on any atom is -0.454 e. The molecular formula is C13H16N2O3. The second-order valence-electron chi connectivity index (χ2n) is 4.17. The second-order valence-corrected chi connectivity index (χ2v) is 4.17. The van der Waals surface area contributed by atoms with Crippen LogP contribution in [-0.2, 0) is 4.79 Å². The van der Waals surface area contributed by atoms with Gasteiger partial charge in [0.25, 0.3) is 0 Å². The first-order valence-electron chi connectivity index (χ1n) is 5.76. The van der Waals surface area contributed by atoms with Gasteiger partial charge in [0.05, 0.1) is 0 Å². The number of amides is 1. The Balaban J connectivity index is 1.94. The van der Waals surface area contributed by atoms with E-state index >= 15 is 0 Å². The highest BCUT2D eigenvalue weighted by Crippen LogP contribution is 2.32. The molecule has 1 aromatic rings. The Labute approximate surface area is 106 Å². The van der Waals surface area contributed by atoms with Gasteiger partial charge in [0.1, 0.15) is 0 Å². The molecule has 0 aliphatic carbocycles. The zero-order valence-electron chi connectivity index (χ0n) is 10.2. The summed E-state index contributed by atoms with van der Waals surface area (Å²) in [5, 5.41) is 2.70. The number of fused-ring (bicyclic) bond motifs is 1. The number of hydrogen-bond donors (Lipinski definition) is 2. The van der Waals surface area contributed by atoms with E-state index in [0.29, 0.717) is 12.3 Å². The van der Waals surface area contributed by atoms with Crippen LogP contribution in [0.25, 0.3) is 6.08 Å². The summed E-state index contributed by atoms with van der Waals surface area (Å²) >= 11 is 0. The monoisotopic (exact) mass is 248 g/mol. The third-order valence-corrected chi connectivity index (χ3v) is 2.42. The van der Waals surface area contributed by atoms with E-state index in [0.717, 1.165) is 11.3 Å². The summed E-state index contributed by atoms with van der Waals surface area (Å²) < 4.78 is 10.5. The third kappa shape index (κ3) is 3.24. The van der Waals surface area contributed by atoms with Crippen molar-refractivity contribution >= 4 is 12.0 Å².